The molecule has 1 aromatic rings. The standard InChI is InChI=1S/C12H15FN2O3/c1-8-3-2-4-9(11(8)13)12(17)15-5-6-18-7-10(14)16/h2-4H,5-7H2,1H3,(H2,14,16)(H,15,17). The summed E-state index contributed by atoms with van der Waals surface area (Å²) in [6.07, 6.45) is 0. The molecule has 0 atom stereocenters. The summed E-state index contributed by atoms with van der Waals surface area (Å²) in [5, 5.41) is 2.48. The van der Waals surface area contributed by atoms with Crippen molar-refractivity contribution in [1.82, 2.24) is 5.32 Å². The van der Waals surface area contributed by atoms with E-state index in [-0.39, 0.29) is 25.3 Å². The number of benzene rings is 1. The van der Waals surface area contributed by atoms with Gasteiger partial charge in [0.15, 0.2) is 0 Å². The number of aryl methyl sites for hydroxylation is 1. The Morgan fingerprint density at radius 3 is 2.83 bits per heavy atom. The third-order valence-electron chi connectivity index (χ3n) is 2.21. The fourth-order valence-corrected chi connectivity index (χ4v) is 1.33. The lowest BCUT2D eigenvalue weighted by Crippen LogP contribution is -2.29. The maximum atomic E-state index is 13.6. The minimum Gasteiger partial charge on any atom is -0.370 e. The molecular weight excluding hydrogens is 239 g/mol. The molecule has 2 amide bonds. The number of nitrogens with two attached hydrogens (primary N) is 1. The van der Waals surface area contributed by atoms with Crippen LogP contribution in [0.25, 0.3) is 0 Å². The Morgan fingerprint density at radius 1 is 1.44 bits per heavy atom. The second kappa shape index (κ2) is 6.70. The van der Waals surface area contributed by atoms with Crippen molar-refractivity contribution >= 4 is 11.8 Å². The van der Waals surface area contributed by atoms with Gasteiger partial charge in [-0.2, -0.15) is 0 Å². The zero-order valence-electron chi connectivity index (χ0n) is 10.0. The van der Waals surface area contributed by atoms with Crippen LogP contribution in [0.5, 0.6) is 0 Å². The van der Waals surface area contributed by atoms with Gasteiger partial charge in [0, 0.05) is 6.54 Å². The Morgan fingerprint density at radius 2 is 2.17 bits per heavy atom. The lowest BCUT2D eigenvalue weighted by Gasteiger charge is -2.07. The zero-order valence-corrected chi connectivity index (χ0v) is 10.0. The normalized spacial score (nSPS) is 10.1. The molecule has 6 heteroatoms. The van der Waals surface area contributed by atoms with Crippen LogP contribution in [0.2, 0.25) is 0 Å². The number of hydrogen-bond acceptors (Lipinski definition) is 3. The molecule has 0 fully saturated rings. The topological polar surface area (TPSA) is 81.4 Å². The molecular formula is C12H15FN2O3. The van der Waals surface area contributed by atoms with Crippen molar-refractivity contribution in [3.63, 3.8) is 0 Å². The van der Waals surface area contributed by atoms with Crippen LogP contribution >= 0.6 is 0 Å². The maximum absolute atomic E-state index is 13.6. The third-order valence-corrected chi connectivity index (χ3v) is 2.21. The average molecular weight is 254 g/mol. The van der Waals surface area contributed by atoms with Gasteiger partial charge in [-0.05, 0) is 18.6 Å². The summed E-state index contributed by atoms with van der Waals surface area (Å²) >= 11 is 0. The summed E-state index contributed by atoms with van der Waals surface area (Å²) in [5.41, 5.74) is 5.26. The molecule has 98 valence electrons. The summed E-state index contributed by atoms with van der Waals surface area (Å²) < 4.78 is 18.4. The number of rotatable bonds is 6. The number of ether oxygens (including phenoxy) is 1. The molecule has 0 aliphatic rings. The first kappa shape index (κ1) is 14.1. The van der Waals surface area contributed by atoms with E-state index in [1.807, 2.05) is 0 Å². The molecule has 0 aromatic heterocycles. The first-order valence-electron chi connectivity index (χ1n) is 5.41. The highest BCUT2D eigenvalue weighted by Crippen LogP contribution is 2.11. The molecule has 0 saturated heterocycles. The van der Waals surface area contributed by atoms with Crippen LogP contribution in [0, 0.1) is 12.7 Å². The first-order valence-corrected chi connectivity index (χ1v) is 5.41. The lowest BCUT2D eigenvalue weighted by molar-refractivity contribution is -0.122. The maximum Gasteiger partial charge on any atom is 0.254 e. The second-order valence-corrected chi connectivity index (χ2v) is 3.71. The summed E-state index contributed by atoms with van der Waals surface area (Å²) in [7, 11) is 0. The van der Waals surface area contributed by atoms with Crippen molar-refractivity contribution in [2.45, 2.75) is 6.92 Å². The number of nitrogens with one attached hydrogen (secondary N) is 1. The van der Waals surface area contributed by atoms with Crippen LogP contribution in [-0.2, 0) is 9.53 Å². The quantitative estimate of drug-likeness (QED) is 0.719. The molecule has 0 radical (unpaired) electrons. The van der Waals surface area contributed by atoms with Gasteiger partial charge in [-0.25, -0.2) is 4.39 Å². The average Bonchev–Trinajstić information content (AvgIpc) is 2.31. The Bertz CT molecular complexity index is 449. The van der Waals surface area contributed by atoms with E-state index in [1.165, 1.54) is 6.07 Å². The van der Waals surface area contributed by atoms with Crippen molar-refractivity contribution in [1.29, 1.82) is 0 Å². The summed E-state index contributed by atoms with van der Waals surface area (Å²) in [6.45, 7) is 1.71. The molecule has 5 nitrogen and oxygen atoms in total. The van der Waals surface area contributed by atoms with Gasteiger partial charge in [0.1, 0.15) is 12.4 Å². The van der Waals surface area contributed by atoms with Crippen LogP contribution in [0.4, 0.5) is 4.39 Å². The fraction of sp³-hybridized carbons (Fsp3) is 0.333. The minimum atomic E-state index is -0.578. The summed E-state index contributed by atoms with van der Waals surface area (Å²) in [5.74, 6) is -1.63. The number of amides is 2. The Kier molecular flexibility index (Phi) is 5.26. The number of carbonyl (C=O) groups excluding carboxylic acids is 2. The molecule has 0 aliphatic heterocycles. The summed E-state index contributed by atoms with van der Waals surface area (Å²) in [4.78, 5) is 22.0. The van der Waals surface area contributed by atoms with Gasteiger partial charge in [-0.1, -0.05) is 12.1 Å². The van der Waals surface area contributed by atoms with E-state index in [1.54, 1.807) is 19.1 Å². The van der Waals surface area contributed by atoms with E-state index >= 15 is 0 Å². The highest BCUT2D eigenvalue weighted by Gasteiger charge is 2.12. The Balaban J connectivity index is 2.41. The van der Waals surface area contributed by atoms with E-state index < -0.39 is 17.6 Å². The minimum absolute atomic E-state index is 0.00935. The number of hydrogen-bond donors (Lipinski definition) is 2. The number of carbonyl (C=O) groups is 2. The molecule has 0 aliphatic carbocycles. The molecule has 0 unspecified atom stereocenters. The van der Waals surface area contributed by atoms with Crippen LogP contribution in [-0.4, -0.2) is 31.6 Å². The molecule has 1 rings (SSSR count). The highest BCUT2D eigenvalue weighted by molar-refractivity contribution is 5.94. The van der Waals surface area contributed by atoms with Gasteiger partial charge >= 0.3 is 0 Å². The first-order chi connectivity index (χ1) is 8.52. The van der Waals surface area contributed by atoms with E-state index in [0.717, 1.165) is 0 Å². The van der Waals surface area contributed by atoms with Gasteiger partial charge in [0.25, 0.3) is 5.91 Å². The van der Waals surface area contributed by atoms with Crippen LogP contribution in [0.1, 0.15) is 15.9 Å². The Labute approximate surface area is 104 Å². The van der Waals surface area contributed by atoms with E-state index in [2.05, 4.69) is 5.32 Å². The fourth-order valence-electron chi connectivity index (χ4n) is 1.33. The van der Waals surface area contributed by atoms with Gasteiger partial charge in [-0.3, -0.25) is 9.59 Å². The molecule has 3 N–H and O–H groups in total. The molecule has 1 aromatic carbocycles. The largest absolute Gasteiger partial charge is 0.370 e. The SMILES string of the molecule is Cc1cccc(C(=O)NCCOCC(N)=O)c1F. The van der Waals surface area contributed by atoms with E-state index in [4.69, 9.17) is 10.5 Å². The van der Waals surface area contributed by atoms with Gasteiger partial charge in [0.2, 0.25) is 5.91 Å². The van der Waals surface area contributed by atoms with E-state index in [9.17, 15) is 14.0 Å². The van der Waals surface area contributed by atoms with Gasteiger partial charge in [-0.15, -0.1) is 0 Å². The van der Waals surface area contributed by atoms with Crippen molar-refractivity contribution < 1.29 is 18.7 Å². The molecule has 18 heavy (non-hydrogen) atoms. The molecule has 0 heterocycles. The van der Waals surface area contributed by atoms with Crippen LogP contribution in [0.15, 0.2) is 18.2 Å². The van der Waals surface area contributed by atoms with Crippen molar-refractivity contribution in [3.05, 3.63) is 35.1 Å². The molecule has 0 spiro atoms. The second-order valence-electron chi connectivity index (χ2n) is 3.71. The van der Waals surface area contributed by atoms with Gasteiger partial charge < -0.3 is 15.8 Å². The zero-order chi connectivity index (χ0) is 13.5. The molecule has 0 saturated carbocycles. The van der Waals surface area contributed by atoms with E-state index in [0.29, 0.717) is 5.56 Å². The van der Waals surface area contributed by atoms with Crippen molar-refractivity contribution in [2.75, 3.05) is 19.8 Å². The lowest BCUT2D eigenvalue weighted by atomic mass is 10.1. The number of primary amides is 1. The highest BCUT2D eigenvalue weighted by atomic mass is 19.1. The van der Waals surface area contributed by atoms with Crippen LogP contribution < -0.4 is 11.1 Å². The van der Waals surface area contributed by atoms with Gasteiger partial charge in [0.05, 0.1) is 12.2 Å². The van der Waals surface area contributed by atoms with Crippen molar-refractivity contribution in [3.8, 4) is 0 Å². The van der Waals surface area contributed by atoms with Crippen LogP contribution in [0.3, 0.4) is 0 Å². The monoisotopic (exact) mass is 254 g/mol. The number of halogens is 1. The van der Waals surface area contributed by atoms with Crippen molar-refractivity contribution in [2.24, 2.45) is 5.73 Å². The predicted molar refractivity (Wildman–Crippen MR) is 63.5 cm³/mol. The Hall–Kier alpha value is -1.95. The predicted octanol–water partition coefficient (Wildman–Crippen LogP) is 0.366. The third kappa shape index (κ3) is 4.14. The smallest absolute Gasteiger partial charge is 0.254 e. The summed E-state index contributed by atoms with van der Waals surface area (Å²) in [6, 6.07) is 4.60. The molecule has 0 bridgehead atoms.